The zero-order valence-electron chi connectivity index (χ0n) is 21.6. The summed E-state index contributed by atoms with van der Waals surface area (Å²) >= 11 is 6.14. The van der Waals surface area contributed by atoms with E-state index in [2.05, 4.69) is 5.32 Å². The fourth-order valence-corrected chi connectivity index (χ4v) is 4.77. The van der Waals surface area contributed by atoms with E-state index >= 15 is 0 Å². The number of aryl methyl sites for hydroxylation is 2. The summed E-state index contributed by atoms with van der Waals surface area (Å²) in [5.41, 5.74) is 2.42. The van der Waals surface area contributed by atoms with E-state index in [4.69, 9.17) is 11.6 Å². The molecule has 0 bridgehead atoms. The number of amides is 2. The molecule has 2 aromatic rings. The summed E-state index contributed by atoms with van der Waals surface area (Å²) in [5.74, 6) is -0.767. The van der Waals surface area contributed by atoms with Crippen LogP contribution >= 0.6 is 11.6 Å². The van der Waals surface area contributed by atoms with Gasteiger partial charge in [-0.2, -0.15) is 0 Å². The van der Waals surface area contributed by atoms with Gasteiger partial charge in [-0.3, -0.25) is 13.9 Å². The highest BCUT2D eigenvalue weighted by Crippen LogP contribution is 2.27. The van der Waals surface area contributed by atoms with E-state index in [0.717, 1.165) is 21.7 Å². The van der Waals surface area contributed by atoms with Crippen LogP contribution in [0.25, 0.3) is 0 Å². The molecule has 0 aromatic heterocycles. The smallest absolute Gasteiger partial charge is 0.244 e. The molecule has 0 spiro atoms. The highest BCUT2D eigenvalue weighted by atomic mass is 35.5. The number of rotatable bonds is 9. The second kappa shape index (κ2) is 11.4. The van der Waals surface area contributed by atoms with Gasteiger partial charge in [0, 0.05) is 17.1 Å². The van der Waals surface area contributed by atoms with E-state index in [1.54, 1.807) is 19.1 Å². The molecule has 2 rings (SSSR count). The topological polar surface area (TPSA) is 86.8 Å². The molecule has 1 unspecified atom stereocenters. The van der Waals surface area contributed by atoms with Crippen molar-refractivity contribution >= 4 is 39.1 Å². The maximum atomic E-state index is 13.7. The van der Waals surface area contributed by atoms with Crippen molar-refractivity contribution in [2.45, 2.75) is 66.1 Å². The summed E-state index contributed by atoms with van der Waals surface area (Å²) in [6.07, 6.45) is 1.42. The second-order valence-corrected chi connectivity index (χ2v) is 12.2. The first-order valence-corrected chi connectivity index (χ1v) is 13.8. The van der Waals surface area contributed by atoms with Gasteiger partial charge < -0.3 is 10.2 Å². The van der Waals surface area contributed by atoms with Crippen LogP contribution in [0.4, 0.5) is 5.69 Å². The van der Waals surface area contributed by atoms with E-state index in [-0.39, 0.29) is 12.5 Å². The Morgan fingerprint density at radius 1 is 1.06 bits per heavy atom. The van der Waals surface area contributed by atoms with Crippen LogP contribution in [0.2, 0.25) is 5.02 Å². The van der Waals surface area contributed by atoms with Gasteiger partial charge in [0.2, 0.25) is 21.8 Å². The van der Waals surface area contributed by atoms with Crippen molar-refractivity contribution < 1.29 is 18.0 Å². The van der Waals surface area contributed by atoms with Crippen LogP contribution in [0.15, 0.2) is 42.5 Å². The lowest BCUT2D eigenvalue weighted by molar-refractivity contribution is -0.141. The van der Waals surface area contributed by atoms with Crippen LogP contribution in [0.1, 0.15) is 50.8 Å². The Bertz CT molecular complexity index is 1160. The van der Waals surface area contributed by atoms with Crippen LogP contribution in [-0.2, 0) is 26.2 Å². The molecular weight excluding hydrogens is 486 g/mol. The number of nitrogens with one attached hydrogen (secondary N) is 1. The van der Waals surface area contributed by atoms with Crippen molar-refractivity contribution in [3.8, 4) is 0 Å². The van der Waals surface area contributed by atoms with E-state index in [9.17, 15) is 18.0 Å². The first kappa shape index (κ1) is 28.7. The Kier molecular flexibility index (Phi) is 9.36. The third kappa shape index (κ3) is 8.25. The molecule has 0 heterocycles. The molecule has 0 saturated heterocycles. The van der Waals surface area contributed by atoms with Crippen molar-refractivity contribution in [2.24, 2.45) is 0 Å². The van der Waals surface area contributed by atoms with Gasteiger partial charge in [-0.15, -0.1) is 0 Å². The number of hydrogen-bond donors (Lipinski definition) is 1. The van der Waals surface area contributed by atoms with Crippen molar-refractivity contribution in [1.82, 2.24) is 10.2 Å². The summed E-state index contributed by atoms with van der Waals surface area (Å²) in [6, 6.07) is 11.8. The highest BCUT2D eigenvalue weighted by Gasteiger charge is 2.33. The molecule has 2 aromatic carbocycles. The largest absolute Gasteiger partial charge is 0.350 e. The molecule has 1 atom stereocenters. The highest BCUT2D eigenvalue weighted by molar-refractivity contribution is 7.92. The molecule has 7 nitrogen and oxygen atoms in total. The van der Waals surface area contributed by atoms with E-state index < -0.39 is 34.1 Å². The van der Waals surface area contributed by atoms with Gasteiger partial charge in [0.1, 0.15) is 12.6 Å². The second-order valence-electron chi connectivity index (χ2n) is 9.87. The Balaban J connectivity index is 2.49. The predicted octanol–water partition coefficient (Wildman–Crippen LogP) is 4.44. The molecule has 0 fully saturated rings. The minimum absolute atomic E-state index is 0.168. The number of carbonyl (C=O) groups excluding carboxylic acids is 2. The predicted molar refractivity (Wildman–Crippen MR) is 142 cm³/mol. The normalized spacial score (nSPS) is 12.7. The molecule has 2 amide bonds. The van der Waals surface area contributed by atoms with Crippen LogP contribution < -0.4 is 9.62 Å². The minimum atomic E-state index is -3.82. The average molecular weight is 522 g/mol. The summed E-state index contributed by atoms with van der Waals surface area (Å²) in [5, 5.41) is 3.31. The maximum absolute atomic E-state index is 13.7. The Hall–Kier alpha value is -2.58. The molecule has 1 N–H and O–H groups in total. The minimum Gasteiger partial charge on any atom is -0.350 e. The van der Waals surface area contributed by atoms with Crippen molar-refractivity contribution in [1.29, 1.82) is 0 Å². The quantitative estimate of drug-likeness (QED) is 0.528. The van der Waals surface area contributed by atoms with Gasteiger partial charge in [-0.1, -0.05) is 54.4 Å². The summed E-state index contributed by atoms with van der Waals surface area (Å²) in [7, 11) is -3.82. The van der Waals surface area contributed by atoms with Crippen molar-refractivity contribution in [3.63, 3.8) is 0 Å². The maximum Gasteiger partial charge on any atom is 0.244 e. The fourth-order valence-electron chi connectivity index (χ4n) is 3.71. The van der Waals surface area contributed by atoms with Gasteiger partial charge in [-0.25, -0.2) is 8.42 Å². The lowest BCUT2D eigenvalue weighted by Gasteiger charge is -2.34. The molecule has 0 aliphatic carbocycles. The van der Waals surface area contributed by atoms with Gasteiger partial charge in [0.15, 0.2) is 0 Å². The number of hydrogen-bond acceptors (Lipinski definition) is 4. The lowest BCUT2D eigenvalue weighted by Crippen LogP contribution is -2.55. The standard InChI is InChI=1S/C26H36ClN3O4S/c1-8-22(25(32)28-26(4,5)6)29(16-20-12-9-18(2)10-13-20)24(31)17-30(35(7,33)34)23-15-21(27)14-11-19(23)3/h9-15,22H,8,16-17H2,1-7H3,(H,28,32). The van der Waals surface area contributed by atoms with E-state index in [0.29, 0.717) is 22.7 Å². The molecule has 192 valence electrons. The first-order chi connectivity index (χ1) is 16.1. The number of benzene rings is 2. The van der Waals surface area contributed by atoms with Gasteiger partial charge in [0.25, 0.3) is 0 Å². The molecule has 35 heavy (non-hydrogen) atoms. The third-order valence-corrected chi connectivity index (χ3v) is 6.84. The monoisotopic (exact) mass is 521 g/mol. The van der Waals surface area contributed by atoms with Crippen molar-refractivity contribution in [2.75, 3.05) is 17.1 Å². The molecule has 0 radical (unpaired) electrons. The summed E-state index contributed by atoms with van der Waals surface area (Å²) in [6.45, 7) is 10.9. The molecule has 0 saturated carbocycles. The number of anilines is 1. The van der Waals surface area contributed by atoms with Gasteiger partial charge in [0.05, 0.1) is 11.9 Å². The van der Waals surface area contributed by atoms with Gasteiger partial charge >= 0.3 is 0 Å². The van der Waals surface area contributed by atoms with Crippen LogP contribution in [0.5, 0.6) is 0 Å². The summed E-state index contributed by atoms with van der Waals surface area (Å²) in [4.78, 5) is 28.4. The number of halogens is 1. The number of sulfonamides is 1. The third-order valence-electron chi connectivity index (χ3n) is 5.48. The Labute approximate surface area is 214 Å². The molecular formula is C26H36ClN3O4S. The Morgan fingerprint density at radius 3 is 2.17 bits per heavy atom. The zero-order valence-corrected chi connectivity index (χ0v) is 23.1. The van der Waals surface area contributed by atoms with Gasteiger partial charge in [-0.05, 0) is 64.3 Å². The summed E-state index contributed by atoms with van der Waals surface area (Å²) < 4.78 is 26.5. The van der Waals surface area contributed by atoms with Crippen LogP contribution in [0, 0.1) is 13.8 Å². The number of carbonyl (C=O) groups is 2. The average Bonchev–Trinajstić information content (AvgIpc) is 2.73. The van der Waals surface area contributed by atoms with Crippen LogP contribution in [-0.4, -0.2) is 49.5 Å². The van der Waals surface area contributed by atoms with Crippen molar-refractivity contribution in [3.05, 3.63) is 64.2 Å². The SMILES string of the molecule is CCC(C(=O)NC(C)(C)C)N(Cc1ccc(C)cc1)C(=O)CN(c1cc(Cl)ccc1C)S(C)(=O)=O. The Morgan fingerprint density at radius 2 is 1.66 bits per heavy atom. The van der Waals surface area contributed by atoms with Crippen LogP contribution in [0.3, 0.4) is 0 Å². The fraction of sp³-hybridized carbons (Fsp3) is 0.462. The molecule has 9 heteroatoms. The molecule has 0 aliphatic rings. The zero-order chi connectivity index (χ0) is 26.6. The van der Waals surface area contributed by atoms with E-state index in [1.807, 2.05) is 58.9 Å². The lowest BCUT2D eigenvalue weighted by atomic mass is 10.1. The van der Waals surface area contributed by atoms with E-state index in [1.165, 1.54) is 11.0 Å². The number of nitrogens with zero attached hydrogens (tertiary/aromatic N) is 2. The molecule has 0 aliphatic heterocycles. The first-order valence-electron chi connectivity index (χ1n) is 11.5.